The Hall–Kier alpha value is -3.39. The Kier molecular flexibility index (Phi) is 5.42. The number of nitrogens with zero attached hydrogens (tertiary/aromatic N) is 2. The second-order valence-electron chi connectivity index (χ2n) is 7.56. The Balaban J connectivity index is 1.65. The lowest BCUT2D eigenvalue weighted by atomic mass is 10.1. The molecule has 1 aliphatic rings. The van der Waals surface area contributed by atoms with Crippen LogP contribution >= 0.6 is 12.2 Å². The average Bonchev–Trinajstić information content (AvgIpc) is 3.29. The summed E-state index contributed by atoms with van der Waals surface area (Å²) >= 11 is 5.48. The molecule has 1 aliphatic heterocycles. The van der Waals surface area contributed by atoms with Gasteiger partial charge in [0.25, 0.3) is 5.91 Å². The van der Waals surface area contributed by atoms with E-state index in [2.05, 4.69) is 0 Å². The van der Waals surface area contributed by atoms with Crippen molar-refractivity contribution in [3.05, 3.63) is 82.7 Å². The summed E-state index contributed by atoms with van der Waals surface area (Å²) in [6.45, 7) is 3.95. The van der Waals surface area contributed by atoms with Crippen molar-refractivity contribution in [3.63, 3.8) is 0 Å². The molecule has 8 heteroatoms. The molecule has 1 aromatic heterocycles. The number of aryl methyl sites for hydroxylation is 2. The molecule has 1 saturated heterocycles. The molecule has 0 radical (unpaired) electrons. The van der Waals surface area contributed by atoms with E-state index in [1.54, 1.807) is 24.1 Å². The number of alkyl halides is 3. The fourth-order valence-electron chi connectivity index (χ4n) is 3.42. The Morgan fingerprint density at radius 2 is 1.75 bits per heavy atom. The maximum absolute atomic E-state index is 13.1. The number of rotatable bonds is 3. The van der Waals surface area contributed by atoms with E-state index in [0.717, 1.165) is 23.3 Å². The molecule has 0 unspecified atom stereocenters. The first-order valence-electron chi connectivity index (χ1n) is 9.75. The summed E-state index contributed by atoms with van der Waals surface area (Å²) in [5, 5.41) is 0.328. The molecule has 0 saturated carbocycles. The second kappa shape index (κ2) is 7.94. The van der Waals surface area contributed by atoms with Crippen molar-refractivity contribution in [2.75, 3.05) is 11.9 Å². The van der Waals surface area contributed by atoms with Crippen LogP contribution in [0.4, 0.5) is 18.9 Å². The summed E-state index contributed by atoms with van der Waals surface area (Å²) in [6.07, 6.45) is -2.91. The Morgan fingerprint density at radius 3 is 2.44 bits per heavy atom. The minimum Gasteiger partial charge on any atom is -0.457 e. The number of likely N-dealkylation sites (N-methyl/N-ethyl adjacent to an activating group) is 1. The van der Waals surface area contributed by atoms with Gasteiger partial charge in [0, 0.05) is 18.7 Å². The Bertz CT molecular complexity index is 1260. The van der Waals surface area contributed by atoms with Crippen molar-refractivity contribution in [1.29, 1.82) is 0 Å². The molecule has 1 amide bonds. The van der Waals surface area contributed by atoms with Crippen molar-refractivity contribution in [3.8, 4) is 11.3 Å². The molecule has 0 N–H and O–H groups in total. The number of benzene rings is 2. The van der Waals surface area contributed by atoms with Crippen LogP contribution in [0, 0.1) is 13.8 Å². The van der Waals surface area contributed by atoms with Crippen LogP contribution in [-0.4, -0.2) is 23.0 Å². The van der Waals surface area contributed by atoms with E-state index < -0.39 is 11.7 Å². The maximum atomic E-state index is 13.1. The van der Waals surface area contributed by atoms with Crippen LogP contribution in [0.1, 0.15) is 22.5 Å². The topological polar surface area (TPSA) is 36.7 Å². The molecule has 2 heterocycles. The molecule has 1 fully saturated rings. The lowest BCUT2D eigenvalue weighted by molar-refractivity contribution is -0.137. The van der Waals surface area contributed by atoms with E-state index in [-0.39, 0.29) is 11.7 Å². The van der Waals surface area contributed by atoms with Gasteiger partial charge in [-0.25, -0.2) is 0 Å². The fourth-order valence-corrected chi connectivity index (χ4v) is 3.70. The summed E-state index contributed by atoms with van der Waals surface area (Å²) < 4.78 is 44.7. The zero-order chi connectivity index (χ0) is 23.2. The highest BCUT2D eigenvalue weighted by Crippen LogP contribution is 2.34. The zero-order valence-corrected chi connectivity index (χ0v) is 18.3. The summed E-state index contributed by atoms with van der Waals surface area (Å²) in [5.74, 6) is 0.291. The predicted octanol–water partition coefficient (Wildman–Crippen LogP) is 6.19. The largest absolute Gasteiger partial charge is 0.457 e. The summed E-state index contributed by atoms with van der Waals surface area (Å²) in [5.41, 5.74) is 2.65. The van der Waals surface area contributed by atoms with Gasteiger partial charge in [0.1, 0.15) is 17.2 Å². The third-order valence-electron chi connectivity index (χ3n) is 5.39. The molecule has 0 aliphatic carbocycles. The first-order chi connectivity index (χ1) is 15.1. The minimum absolute atomic E-state index is 0.268. The van der Waals surface area contributed by atoms with Crippen molar-refractivity contribution >= 4 is 35.0 Å². The van der Waals surface area contributed by atoms with Gasteiger partial charge in [-0.2, -0.15) is 13.2 Å². The zero-order valence-electron chi connectivity index (χ0n) is 17.5. The van der Waals surface area contributed by atoms with Crippen molar-refractivity contribution in [2.45, 2.75) is 20.0 Å². The highest BCUT2D eigenvalue weighted by Gasteiger charge is 2.37. The number of hydrogen-bond donors (Lipinski definition) is 0. The number of furan rings is 1. The normalized spacial score (nSPS) is 15.9. The monoisotopic (exact) mass is 456 g/mol. The van der Waals surface area contributed by atoms with Crippen LogP contribution in [0.3, 0.4) is 0 Å². The van der Waals surface area contributed by atoms with Gasteiger partial charge in [0.15, 0.2) is 5.11 Å². The highest BCUT2D eigenvalue weighted by molar-refractivity contribution is 7.80. The van der Waals surface area contributed by atoms with Crippen molar-refractivity contribution in [1.82, 2.24) is 4.90 Å². The smallest absolute Gasteiger partial charge is 0.416 e. The molecule has 164 valence electrons. The molecule has 4 rings (SSSR count). The number of halogens is 3. The lowest BCUT2D eigenvalue weighted by Crippen LogP contribution is -2.31. The standard InChI is InChI=1S/C24H19F3N2O2S/c1-14-7-8-18(11-15(14)2)29-22(30)20(28(3)23(29)32)13-19-9-10-21(31-19)16-5-4-6-17(12-16)24(25,26)27/h4-13H,1-3H3. The van der Waals surface area contributed by atoms with Crippen LogP contribution in [-0.2, 0) is 11.0 Å². The summed E-state index contributed by atoms with van der Waals surface area (Å²) in [6, 6.07) is 13.7. The molecule has 2 aromatic carbocycles. The first-order valence-corrected chi connectivity index (χ1v) is 10.2. The molecule has 0 bridgehead atoms. The van der Waals surface area contributed by atoms with Gasteiger partial charge in [-0.3, -0.25) is 9.69 Å². The van der Waals surface area contributed by atoms with Crippen LogP contribution in [0.15, 0.2) is 64.7 Å². The number of thiocarbonyl (C=S) groups is 1. The second-order valence-corrected chi connectivity index (χ2v) is 7.93. The quantitative estimate of drug-likeness (QED) is 0.348. The minimum atomic E-state index is -4.44. The highest BCUT2D eigenvalue weighted by atomic mass is 32.1. The molecule has 0 spiro atoms. The predicted molar refractivity (Wildman–Crippen MR) is 121 cm³/mol. The number of carbonyl (C=O) groups excluding carboxylic acids is 1. The molecular weight excluding hydrogens is 437 g/mol. The van der Waals surface area contributed by atoms with Gasteiger partial charge in [-0.1, -0.05) is 18.2 Å². The third-order valence-corrected chi connectivity index (χ3v) is 5.85. The molecule has 32 heavy (non-hydrogen) atoms. The molecule has 4 nitrogen and oxygen atoms in total. The van der Waals surface area contributed by atoms with E-state index in [1.165, 1.54) is 23.1 Å². The SMILES string of the molecule is Cc1ccc(N2C(=O)C(=Cc3ccc(-c4cccc(C(F)(F)F)c4)o3)N(C)C2=S)cc1C. The van der Waals surface area contributed by atoms with Gasteiger partial charge in [0.2, 0.25) is 0 Å². The van der Waals surface area contributed by atoms with Crippen molar-refractivity contribution < 1.29 is 22.4 Å². The number of carbonyl (C=O) groups is 1. The molecule has 3 aromatic rings. The van der Waals surface area contributed by atoms with Crippen LogP contribution in [0.2, 0.25) is 0 Å². The number of anilines is 1. The number of amides is 1. The number of hydrogen-bond acceptors (Lipinski definition) is 3. The van der Waals surface area contributed by atoms with E-state index >= 15 is 0 Å². The van der Waals surface area contributed by atoms with E-state index in [9.17, 15) is 18.0 Å². The van der Waals surface area contributed by atoms with Crippen LogP contribution in [0.5, 0.6) is 0 Å². The Labute approximate surface area is 188 Å². The molecular formula is C24H19F3N2O2S. The van der Waals surface area contributed by atoms with E-state index in [1.807, 2.05) is 32.0 Å². The van der Waals surface area contributed by atoms with Gasteiger partial charge in [0.05, 0.1) is 11.3 Å². The maximum Gasteiger partial charge on any atom is 0.416 e. The van der Waals surface area contributed by atoms with Crippen LogP contribution < -0.4 is 4.90 Å². The third kappa shape index (κ3) is 3.93. The van der Waals surface area contributed by atoms with E-state index in [0.29, 0.717) is 27.8 Å². The van der Waals surface area contributed by atoms with Gasteiger partial charge in [-0.05, 0) is 73.6 Å². The van der Waals surface area contributed by atoms with Crippen LogP contribution in [0.25, 0.3) is 17.4 Å². The lowest BCUT2D eigenvalue weighted by Gasteiger charge is -2.17. The molecule has 0 atom stereocenters. The average molecular weight is 456 g/mol. The first kappa shape index (κ1) is 21.8. The van der Waals surface area contributed by atoms with E-state index in [4.69, 9.17) is 16.6 Å². The Morgan fingerprint density at radius 1 is 1.00 bits per heavy atom. The van der Waals surface area contributed by atoms with Crippen molar-refractivity contribution in [2.24, 2.45) is 0 Å². The van der Waals surface area contributed by atoms with Gasteiger partial charge < -0.3 is 9.32 Å². The summed E-state index contributed by atoms with van der Waals surface area (Å²) in [4.78, 5) is 16.2. The van der Waals surface area contributed by atoms with Gasteiger partial charge >= 0.3 is 6.18 Å². The fraction of sp³-hybridized carbons (Fsp3) is 0.167. The summed E-state index contributed by atoms with van der Waals surface area (Å²) in [7, 11) is 1.68. The van der Waals surface area contributed by atoms with Gasteiger partial charge in [-0.15, -0.1) is 0 Å².